The normalized spacial score (nSPS) is 14.3. The van der Waals surface area contributed by atoms with Crippen molar-refractivity contribution in [1.29, 1.82) is 0 Å². The fourth-order valence-electron chi connectivity index (χ4n) is 4.86. The standard InChI is InChI=1S/C31H35BrN2O2S/c1-23-10-5-6-14-26(23)21-37-22-30(35)34(20-25-13-9-15-27(32)18-25)29(19-24-11-3-2-4-12-24)31(36)33-28-16-7-8-17-28/h2-6,9-15,18,28-29H,7-8,16-17,19-22H2,1H3,(H,33,36)/t29-/m0/s1. The third-order valence-corrected chi connectivity index (χ3v) is 8.42. The number of aryl methyl sites for hydroxylation is 1. The lowest BCUT2D eigenvalue weighted by Crippen LogP contribution is -2.52. The number of nitrogens with one attached hydrogen (secondary N) is 1. The average molecular weight is 580 g/mol. The summed E-state index contributed by atoms with van der Waals surface area (Å²) in [6, 6.07) is 25.9. The van der Waals surface area contributed by atoms with E-state index in [1.807, 2.05) is 66.7 Å². The molecule has 1 fully saturated rings. The van der Waals surface area contributed by atoms with E-state index in [1.54, 1.807) is 16.7 Å². The summed E-state index contributed by atoms with van der Waals surface area (Å²) in [5.41, 5.74) is 4.51. The van der Waals surface area contributed by atoms with Crippen molar-refractivity contribution in [3.05, 3.63) is 106 Å². The van der Waals surface area contributed by atoms with Crippen molar-refractivity contribution in [2.24, 2.45) is 0 Å². The van der Waals surface area contributed by atoms with Crippen molar-refractivity contribution < 1.29 is 9.59 Å². The van der Waals surface area contributed by atoms with Gasteiger partial charge >= 0.3 is 0 Å². The molecule has 0 unspecified atom stereocenters. The predicted octanol–water partition coefficient (Wildman–Crippen LogP) is 6.69. The Kier molecular flexibility index (Phi) is 10.3. The minimum atomic E-state index is -0.575. The first-order valence-electron chi connectivity index (χ1n) is 13.0. The van der Waals surface area contributed by atoms with Gasteiger partial charge in [0, 0.05) is 29.2 Å². The molecule has 3 aromatic rings. The van der Waals surface area contributed by atoms with Gasteiger partial charge in [0.25, 0.3) is 0 Å². The van der Waals surface area contributed by atoms with E-state index >= 15 is 0 Å². The molecule has 3 aromatic carbocycles. The third-order valence-electron chi connectivity index (χ3n) is 6.96. The maximum atomic E-state index is 13.8. The Bertz CT molecular complexity index is 1180. The number of rotatable bonds is 11. The number of hydrogen-bond donors (Lipinski definition) is 1. The van der Waals surface area contributed by atoms with Crippen LogP contribution in [0, 0.1) is 6.92 Å². The van der Waals surface area contributed by atoms with Crippen molar-refractivity contribution in [2.75, 3.05) is 5.75 Å². The van der Waals surface area contributed by atoms with Crippen LogP contribution in [-0.4, -0.2) is 34.6 Å². The molecule has 1 saturated carbocycles. The molecule has 4 nitrogen and oxygen atoms in total. The zero-order chi connectivity index (χ0) is 26.0. The van der Waals surface area contributed by atoms with Crippen LogP contribution >= 0.6 is 27.7 Å². The quantitative estimate of drug-likeness (QED) is 0.276. The van der Waals surface area contributed by atoms with Crippen LogP contribution in [0.15, 0.2) is 83.3 Å². The number of amides is 2. The first kappa shape index (κ1) is 27.5. The lowest BCUT2D eigenvalue weighted by atomic mass is 10.0. The van der Waals surface area contributed by atoms with Crippen LogP contribution in [0.3, 0.4) is 0 Å². The smallest absolute Gasteiger partial charge is 0.243 e. The molecular formula is C31H35BrN2O2S. The Morgan fingerprint density at radius 2 is 1.68 bits per heavy atom. The molecule has 0 heterocycles. The SMILES string of the molecule is Cc1ccccc1CSCC(=O)N(Cc1cccc(Br)c1)[C@@H](Cc1ccccc1)C(=O)NC1CCCC1. The Morgan fingerprint density at radius 3 is 2.41 bits per heavy atom. The van der Waals surface area contributed by atoms with Gasteiger partial charge in [-0.25, -0.2) is 0 Å². The summed E-state index contributed by atoms with van der Waals surface area (Å²) in [7, 11) is 0. The van der Waals surface area contributed by atoms with Gasteiger partial charge in [-0.05, 0) is 54.2 Å². The first-order valence-corrected chi connectivity index (χ1v) is 14.9. The van der Waals surface area contributed by atoms with Crippen LogP contribution in [0.1, 0.15) is 47.9 Å². The molecule has 1 aliphatic rings. The van der Waals surface area contributed by atoms with E-state index in [9.17, 15) is 9.59 Å². The third kappa shape index (κ3) is 8.21. The highest BCUT2D eigenvalue weighted by atomic mass is 79.9. The van der Waals surface area contributed by atoms with E-state index in [-0.39, 0.29) is 17.9 Å². The van der Waals surface area contributed by atoms with Crippen molar-refractivity contribution in [1.82, 2.24) is 10.2 Å². The molecule has 2 amide bonds. The fraction of sp³-hybridized carbons (Fsp3) is 0.355. The number of halogens is 1. The molecule has 0 saturated heterocycles. The molecule has 0 radical (unpaired) electrons. The summed E-state index contributed by atoms with van der Waals surface area (Å²) >= 11 is 5.16. The number of benzene rings is 3. The molecule has 194 valence electrons. The van der Waals surface area contributed by atoms with E-state index < -0.39 is 6.04 Å². The Morgan fingerprint density at radius 1 is 0.973 bits per heavy atom. The number of nitrogens with zero attached hydrogens (tertiary/aromatic N) is 1. The van der Waals surface area contributed by atoms with Crippen molar-refractivity contribution in [3.63, 3.8) is 0 Å². The van der Waals surface area contributed by atoms with Gasteiger partial charge in [0.1, 0.15) is 6.04 Å². The van der Waals surface area contributed by atoms with Gasteiger partial charge in [-0.2, -0.15) is 0 Å². The summed E-state index contributed by atoms with van der Waals surface area (Å²) in [4.78, 5) is 29.3. The molecule has 0 bridgehead atoms. The highest BCUT2D eigenvalue weighted by molar-refractivity contribution is 9.10. The summed E-state index contributed by atoms with van der Waals surface area (Å²) < 4.78 is 0.960. The summed E-state index contributed by atoms with van der Waals surface area (Å²) in [6.45, 7) is 2.49. The van der Waals surface area contributed by atoms with Gasteiger partial charge < -0.3 is 10.2 Å². The van der Waals surface area contributed by atoms with Crippen molar-refractivity contribution >= 4 is 39.5 Å². The van der Waals surface area contributed by atoms with Gasteiger partial charge in [-0.15, -0.1) is 11.8 Å². The molecule has 37 heavy (non-hydrogen) atoms. The van der Waals surface area contributed by atoms with E-state index in [0.29, 0.717) is 18.7 Å². The van der Waals surface area contributed by atoms with Gasteiger partial charge in [0.05, 0.1) is 5.75 Å². The van der Waals surface area contributed by atoms with Crippen LogP contribution in [0.25, 0.3) is 0 Å². The molecule has 6 heteroatoms. The topological polar surface area (TPSA) is 49.4 Å². The molecule has 0 aliphatic heterocycles. The van der Waals surface area contributed by atoms with Gasteiger partial charge in [0.2, 0.25) is 11.8 Å². The van der Waals surface area contributed by atoms with Crippen LogP contribution in [0.2, 0.25) is 0 Å². The predicted molar refractivity (Wildman–Crippen MR) is 156 cm³/mol. The highest BCUT2D eigenvalue weighted by Crippen LogP contribution is 2.22. The summed E-state index contributed by atoms with van der Waals surface area (Å²) in [5, 5.41) is 3.27. The highest BCUT2D eigenvalue weighted by Gasteiger charge is 2.32. The van der Waals surface area contributed by atoms with Gasteiger partial charge in [-0.1, -0.05) is 95.5 Å². The number of thioether (sulfide) groups is 1. The maximum absolute atomic E-state index is 13.8. The fourth-order valence-corrected chi connectivity index (χ4v) is 6.29. The Balaban J connectivity index is 1.57. The Labute approximate surface area is 233 Å². The van der Waals surface area contributed by atoms with E-state index in [2.05, 4.69) is 40.3 Å². The number of hydrogen-bond acceptors (Lipinski definition) is 3. The van der Waals surface area contributed by atoms with E-state index in [4.69, 9.17) is 0 Å². The molecule has 0 spiro atoms. The molecule has 1 aliphatic carbocycles. The molecule has 4 rings (SSSR count). The van der Waals surface area contributed by atoms with Gasteiger partial charge in [-0.3, -0.25) is 9.59 Å². The molecule has 1 atom stereocenters. The van der Waals surface area contributed by atoms with Crippen LogP contribution < -0.4 is 5.32 Å². The van der Waals surface area contributed by atoms with Crippen LogP contribution in [0.4, 0.5) is 0 Å². The second-order valence-corrected chi connectivity index (χ2v) is 11.7. The monoisotopic (exact) mass is 578 g/mol. The van der Waals surface area contributed by atoms with Crippen LogP contribution in [-0.2, 0) is 28.3 Å². The maximum Gasteiger partial charge on any atom is 0.243 e. The van der Waals surface area contributed by atoms with Crippen molar-refractivity contribution in [2.45, 2.75) is 63.4 Å². The van der Waals surface area contributed by atoms with E-state index in [0.717, 1.165) is 47.0 Å². The Hall–Kier alpha value is -2.57. The molecule has 0 aromatic heterocycles. The second kappa shape index (κ2) is 13.8. The number of carbonyl (C=O) groups excluding carboxylic acids is 2. The lowest BCUT2D eigenvalue weighted by Gasteiger charge is -2.32. The minimum Gasteiger partial charge on any atom is -0.352 e. The zero-order valence-electron chi connectivity index (χ0n) is 21.4. The molecular weight excluding hydrogens is 544 g/mol. The van der Waals surface area contributed by atoms with Crippen molar-refractivity contribution in [3.8, 4) is 0 Å². The minimum absolute atomic E-state index is 0.0129. The van der Waals surface area contributed by atoms with E-state index in [1.165, 1.54) is 11.1 Å². The lowest BCUT2D eigenvalue weighted by molar-refractivity contribution is -0.139. The largest absolute Gasteiger partial charge is 0.352 e. The summed E-state index contributed by atoms with van der Waals surface area (Å²) in [6.07, 6.45) is 4.79. The summed E-state index contributed by atoms with van der Waals surface area (Å²) in [5.74, 6) is 1.02. The first-order chi connectivity index (χ1) is 18.0. The number of carbonyl (C=O) groups is 2. The van der Waals surface area contributed by atoms with Gasteiger partial charge in [0.15, 0.2) is 0 Å². The average Bonchev–Trinajstić information content (AvgIpc) is 3.41. The molecule has 1 N–H and O–H groups in total. The second-order valence-electron chi connectivity index (χ2n) is 9.77. The van der Waals surface area contributed by atoms with Crippen LogP contribution in [0.5, 0.6) is 0 Å². The zero-order valence-corrected chi connectivity index (χ0v) is 23.8.